The van der Waals surface area contributed by atoms with E-state index in [4.69, 9.17) is 11.6 Å². The molecule has 0 atom stereocenters. The number of hydrogen-bond donors (Lipinski definition) is 2. The van der Waals surface area contributed by atoms with Crippen LogP contribution in [0, 0.1) is 0 Å². The number of aromatic nitrogens is 4. The summed E-state index contributed by atoms with van der Waals surface area (Å²) in [6.07, 6.45) is 2.36. The van der Waals surface area contributed by atoms with Crippen molar-refractivity contribution in [3.05, 3.63) is 35.1 Å². The molecular weight excluding hydrogens is 330 g/mol. The van der Waals surface area contributed by atoms with Gasteiger partial charge in [0, 0.05) is 37.7 Å². The Labute approximate surface area is 145 Å². The molecule has 9 heteroatoms. The minimum absolute atomic E-state index is 0.177. The molecule has 8 nitrogen and oxygen atoms in total. The molecule has 2 heterocycles. The van der Waals surface area contributed by atoms with E-state index in [1.54, 1.807) is 18.2 Å². The topological polar surface area (TPSA) is 88.0 Å². The van der Waals surface area contributed by atoms with E-state index >= 15 is 0 Å². The molecule has 0 bridgehead atoms. The minimum atomic E-state index is -0.177. The van der Waals surface area contributed by atoms with Gasteiger partial charge in [0.05, 0.1) is 11.3 Å². The summed E-state index contributed by atoms with van der Waals surface area (Å²) in [5.74, 6) is -0.177. The van der Waals surface area contributed by atoms with Crippen LogP contribution in [0.1, 0.15) is 16.8 Å². The first-order valence-electron chi connectivity index (χ1n) is 7.98. The number of amides is 1. The molecule has 1 aromatic heterocycles. The van der Waals surface area contributed by atoms with Gasteiger partial charge in [0.25, 0.3) is 5.91 Å². The lowest BCUT2D eigenvalue weighted by molar-refractivity contribution is 0.0951. The number of carbonyl (C=O) groups is 1. The SMILES string of the molecule is O=C(NCCCN1CCNCC1)c1cc(Cl)ccc1-n1cnnn1. The van der Waals surface area contributed by atoms with Crippen molar-refractivity contribution in [2.45, 2.75) is 6.42 Å². The molecule has 24 heavy (non-hydrogen) atoms. The van der Waals surface area contributed by atoms with Gasteiger partial charge in [0.1, 0.15) is 6.33 Å². The Morgan fingerprint density at radius 2 is 2.17 bits per heavy atom. The number of halogens is 1. The lowest BCUT2D eigenvalue weighted by atomic mass is 10.1. The van der Waals surface area contributed by atoms with Gasteiger partial charge in [-0.1, -0.05) is 11.6 Å². The molecule has 2 N–H and O–H groups in total. The summed E-state index contributed by atoms with van der Waals surface area (Å²) in [4.78, 5) is 14.9. The average molecular weight is 350 g/mol. The first-order valence-corrected chi connectivity index (χ1v) is 8.36. The Balaban J connectivity index is 1.57. The van der Waals surface area contributed by atoms with Crippen LogP contribution in [0.5, 0.6) is 0 Å². The highest BCUT2D eigenvalue weighted by molar-refractivity contribution is 6.31. The summed E-state index contributed by atoms with van der Waals surface area (Å²) >= 11 is 6.03. The smallest absolute Gasteiger partial charge is 0.253 e. The van der Waals surface area contributed by atoms with Crippen molar-refractivity contribution in [3.8, 4) is 5.69 Å². The molecular formula is C15H20ClN7O. The second-order valence-electron chi connectivity index (χ2n) is 5.62. The van der Waals surface area contributed by atoms with Crippen molar-refractivity contribution in [3.63, 3.8) is 0 Å². The van der Waals surface area contributed by atoms with Crippen LogP contribution in [-0.4, -0.2) is 70.3 Å². The lowest BCUT2D eigenvalue weighted by Crippen LogP contribution is -2.44. The van der Waals surface area contributed by atoms with Gasteiger partial charge in [-0.05, 0) is 41.6 Å². The largest absolute Gasteiger partial charge is 0.352 e. The third-order valence-electron chi connectivity index (χ3n) is 3.95. The van der Waals surface area contributed by atoms with Gasteiger partial charge in [-0.3, -0.25) is 4.79 Å². The van der Waals surface area contributed by atoms with Crippen molar-refractivity contribution in [2.24, 2.45) is 0 Å². The first kappa shape index (κ1) is 16.8. The molecule has 2 aromatic rings. The van der Waals surface area contributed by atoms with Crippen LogP contribution in [-0.2, 0) is 0 Å². The van der Waals surface area contributed by atoms with E-state index in [9.17, 15) is 4.79 Å². The maximum absolute atomic E-state index is 12.5. The van der Waals surface area contributed by atoms with Gasteiger partial charge < -0.3 is 15.5 Å². The van der Waals surface area contributed by atoms with Crippen molar-refractivity contribution >= 4 is 17.5 Å². The first-order chi connectivity index (χ1) is 11.7. The maximum Gasteiger partial charge on any atom is 0.253 e. The van der Waals surface area contributed by atoms with Gasteiger partial charge in [-0.25, -0.2) is 0 Å². The van der Waals surface area contributed by atoms with Crippen LogP contribution in [0.3, 0.4) is 0 Å². The van der Waals surface area contributed by atoms with E-state index in [1.165, 1.54) is 11.0 Å². The fraction of sp³-hybridized carbons (Fsp3) is 0.467. The van der Waals surface area contributed by atoms with Gasteiger partial charge >= 0.3 is 0 Å². The van der Waals surface area contributed by atoms with E-state index in [0.29, 0.717) is 22.8 Å². The van der Waals surface area contributed by atoms with E-state index in [-0.39, 0.29) is 5.91 Å². The predicted octanol–water partition coefficient (Wildman–Crippen LogP) is 0.341. The molecule has 1 aromatic carbocycles. The fourth-order valence-electron chi connectivity index (χ4n) is 2.70. The van der Waals surface area contributed by atoms with Crippen molar-refractivity contribution < 1.29 is 4.79 Å². The number of rotatable bonds is 6. The van der Waals surface area contributed by atoms with Gasteiger partial charge in [-0.15, -0.1) is 5.10 Å². The summed E-state index contributed by atoms with van der Waals surface area (Å²) in [7, 11) is 0. The zero-order valence-electron chi connectivity index (χ0n) is 13.3. The number of tetrazole rings is 1. The molecule has 1 fully saturated rings. The van der Waals surface area contributed by atoms with Crippen LogP contribution in [0.2, 0.25) is 5.02 Å². The Morgan fingerprint density at radius 3 is 2.92 bits per heavy atom. The Hall–Kier alpha value is -2.03. The number of nitrogens with zero attached hydrogens (tertiary/aromatic N) is 5. The number of carbonyl (C=O) groups excluding carboxylic acids is 1. The summed E-state index contributed by atoms with van der Waals surface area (Å²) in [5, 5.41) is 17.8. The minimum Gasteiger partial charge on any atom is -0.352 e. The molecule has 0 aliphatic carbocycles. The molecule has 0 radical (unpaired) electrons. The zero-order valence-corrected chi connectivity index (χ0v) is 14.0. The number of piperazine rings is 1. The molecule has 0 unspecified atom stereocenters. The van der Waals surface area contributed by atoms with Crippen LogP contribution in [0.15, 0.2) is 24.5 Å². The fourth-order valence-corrected chi connectivity index (χ4v) is 2.87. The molecule has 1 amide bonds. The van der Waals surface area contributed by atoms with Crippen LogP contribution in [0.4, 0.5) is 0 Å². The van der Waals surface area contributed by atoms with Gasteiger partial charge in [-0.2, -0.15) is 4.68 Å². The Bertz CT molecular complexity index is 670. The van der Waals surface area contributed by atoms with Crippen molar-refractivity contribution in [1.82, 2.24) is 35.7 Å². The van der Waals surface area contributed by atoms with Crippen molar-refractivity contribution in [2.75, 3.05) is 39.3 Å². The third kappa shape index (κ3) is 4.28. The van der Waals surface area contributed by atoms with E-state index in [1.807, 2.05) is 0 Å². The number of nitrogens with one attached hydrogen (secondary N) is 2. The molecule has 0 saturated carbocycles. The Kier molecular flexibility index (Phi) is 5.73. The quantitative estimate of drug-likeness (QED) is 0.731. The standard InChI is InChI=1S/C15H20ClN7O/c16-12-2-3-14(23-11-19-20-21-23)13(10-12)15(24)18-4-1-7-22-8-5-17-6-9-22/h2-3,10-11,17H,1,4-9H2,(H,18,24). The molecule has 3 rings (SSSR count). The summed E-state index contributed by atoms with van der Waals surface area (Å²) in [6.45, 7) is 5.79. The molecule has 1 saturated heterocycles. The summed E-state index contributed by atoms with van der Waals surface area (Å²) in [5.41, 5.74) is 1.06. The maximum atomic E-state index is 12.5. The van der Waals surface area contributed by atoms with Crippen LogP contribution in [0.25, 0.3) is 5.69 Å². The summed E-state index contributed by atoms with van der Waals surface area (Å²) in [6, 6.07) is 5.07. The monoisotopic (exact) mass is 349 g/mol. The van der Waals surface area contributed by atoms with E-state index < -0.39 is 0 Å². The third-order valence-corrected chi connectivity index (χ3v) is 4.18. The van der Waals surface area contributed by atoms with Crippen molar-refractivity contribution in [1.29, 1.82) is 0 Å². The zero-order chi connectivity index (χ0) is 16.8. The van der Waals surface area contributed by atoms with E-state index in [2.05, 4.69) is 31.1 Å². The second kappa shape index (κ2) is 8.18. The van der Waals surface area contributed by atoms with Gasteiger partial charge in [0.15, 0.2) is 0 Å². The number of benzene rings is 1. The van der Waals surface area contributed by atoms with E-state index in [0.717, 1.165) is 39.1 Å². The second-order valence-corrected chi connectivity index (χ2v) is 6.05. The predicted molar refractivity (Wildman–Crippen MR) is 90.4 cm³/mol. The highest BCUT2D eigenvalue weighted by Gasteiger charge is 2.15. The molecule has 1 aliphatic heterocycles. The Morgan fingerprint density at radius 1 is 1.33 bits per heavy atom. The molecule has 0 spiro atoms. The normalized spacial score (nSPS) is 15.4. The highest BCUT2D eigenvalue weighted by Crippen LogP contribution is 2.18. The number of hydrogen-bond acceptors (Lipinski definition) is 6. The highest BCUT2D eigenvalue weighted by atomic mass is 35.5. The van der Waals surface area contributed by atoms with Gasteiger partial charge in [0.2, 0.25) is 0 Å². The molecule has 128 valence electrons. The summed E-state index contributed by atoms with van der Waals surface area (Å²) < 4.78 is 1.45. The molecule has 1 aliphatic rings. The average Bonchev–Trinajstić information content (AvgIpc) is 3.14. The lowest BCUT2D eigenvalue weighted by Gasteiger charge is -2.27. The van der Waals surface area contributed by atoms with Crippen LogP contribution < -0.4 is 10.6 Å². The van der Waals surface area contributed by atoms with Crippen LogP contribution >= 0.6 is 11.6 Å².